The minimum absolute atomic E-state index is 0.114. The molecule has 3 heterocycles. The summed E-state index contributed by atoms with van der Waals surface area (Å²) < 4.78 is 0. The molecule has 1 fully saturated rings. The predicted molar refractivity (Wildman–Crippen MR) is 120 cm³/mol. The summed E-state index contributed by atoms with van der Waals surface area (Å²) in [5, 5.41) is 0.609. The first-order chi connectivity index (χ1) is 14.6. The Hall–Kier alpha value is -2.96. The number of carbonyl (C=O) groups excluding carboxylic acids is 1. The van der Waals surface area contributed by atoms with Crippen LogP contribution in [0, 0.1) is 0 Å². The number of piperazine rings is 1. The molecule has 152 valence electrons. The second-order valence-electron chi connectivity index (χ2n) is 7.71. The van der Waals surface area contributed by atoms with E-state index in [-0.39, 0.29) is 5.91 Å². The summed E-state index contributed by atoms with van der Waals surface area (Å²) in [6.07, 6.45) is 1.90. The number of amides is 1. The van der Waals surface area contributed by atoms with Crippen LogP contribution in [0.25, 0.3) is 0 Å². The van der Waals surface area contributed by atoms with Gasteiger partial charge in [0.25, 0.3) is 5.91 Å². The molecular weight excluding hydrogens is 398 g/mol. The predicted octanol–water partition coefficient (Wildman–Crippen LogP) is 3.02. The summed E-state index contributed by atoms with van der Waals surface area (Å²) in [6, 6.07) is 15.5. The lowest BCUT2D eigenvalue weighted by atomic mass is 10.00. The van der Waals surface area contributed by atoms with Crippen LogP contribution in [0.15, 0.2) is 70.4 Å². The number of likely N-dealkylation sites (N-methyl/N-ethyl adjacent to an activating group) is 1. The van der Waals surface area contributed by atoms with Crippen molar-refractivity contribution in [2.45, 2.75) is 0 Å². The third-order valence-electron chi connectivity index (χ3n) is 5.65. The van der Waals surface area contributed by atoms with Gasteiger partial charge in [-0.1, -0.05) is 41.9 Å². The number of benzene rings is 2. The minimum atomic E-state index is -0.114. The molecule has 0 N–H and O–H groups in total. The van der Waals surface area contributed by atoms with E-state index in [0.717, 1.165) is 48.7 Å². The topological polar surface area (TPSA) is 51.5 Å². The molecular formula is C23H22ClN5O. The quantitative estimate of drug-likeness (QED) is 0.703. The van der Waals surface area contributed by atoms with Gasteiger partial charge in [-0.15, -0.1) is 0 Å². The van der Waals surface area contributed by atoms with Gasteiger partial charge in [0, 0.05) is 48.5 Å². The summed E-state index contributed by atoms with van der Waals surface area (Å²) in [5.41, 5.74) is 3.89. The Kier molecular flexibility index (Phi) is 4.89. The number of aliphatic imine (C=N–C) groups is 2. The number of hydrogen-bond donors (Lipinski definition) is 0. The molecule has 2 aromatic carbocycles. The van der Waals surface area contributed by atoms with Gasteiger partial charge < -0.3 is 9.80 Å². The molecule has 5 rings (SSSR count). The maximum atomic E-state index is 13.3. The van der Waals surface area contributed by atoms with Crippen molar-refractivity contribution in [3.63, 3.8) is 0 Å². The van der Waals surface area contributed by atoms with Gasteiger partial charge in [-0.3, -0.25) is 14.7 Å². The Morgan fingerprint density at radius 2 is 1.80 bits per heavy atom. The van der Waals surface area contributed by atoms with E-state index < -0.39 is 0 Å². The summed E-state index contributed by atoms with van der Waals surface area (Å²) in [5.74, 6) is 0.534. The van der Waals surface area contributed by atoms with Gasteiger partial charge in [-0.05, 0) is 25.2 Å². The lowest BCUT2D eigenvalue weighted by molar-refractivity contribution is -0.114. The van der Waals surface area contributed by atoms with Gasteiger partial charge in [0.05, 0.1) is 17.9 Å². The van der Waals surface area contributed by atoms with Crippen molar-refractivity contribution < 1.29 is 4.79 Å². The number of hydrogen-bond acceptors (Lipinski definition) is 5. The zero-order valence-electron chi connectivity index (χ0n) is 16.8. The first-order valence-electron chi connectivity index (χ1n) is 10.1. The molecule has 0 unspecified atom stereocenters. The van der Waals surface area contributed by atoms with Crippen LogP contribution < -0.4 is 4.90 Å². The lowest BCUT2D eigenvalue weighted by Gasteiger charge is -2.31. The van der Waals surface area contributed by atoms with Crippen LogP contribution in [-0.2, 0) is 4.79 Å². The average molecular weight is 420 g/mol. The number of rotatable bonds is 2. The zero-order valence-corrected chi connectivity index (χ0v) is 17.5. The van der Waals surface area contributed by atoms with Crippen molar-refractivity contribution in [1.29, 1.82) is 0 Å². The van der Waals surface area contributed by atoms with Crippen molar-refractivity contribution in [3.8, 4) is 0 Å². The van der Waals surface area contributed by atoms with E-state index in [2.05, 4.69) is 21.8 Å². The Bertz CT molecular complexity index is 1080. The van der Waals surface area contributed by atoms with Crippen LogP contribution in [0.2, 0.25) is 5.02 Å². The molecule has 7 heteroatoms. The molecule has 3 aliphatic heterocycles. The van der Waals surface area contributed by atoms with Crippen LogP contribution in [0.3, 0.4) is 0 Å². The second-order valence-corrected chi connectivity index (χ2v) is 8.15. The number of nitrogens with zero attached hydrogens (tertiary/aromatic N) is 5. The van der Waals surface area contributed by atoms with Gasteiger partial charge in [0.2, 0.25) is 0 Å². The fraction of sp³-hybridized carbons (Fsp3) is 0.261. The van der Waals surface area contributed by atoms with Crippen molar-refractivity contribution in [2.24, 2.45) is 9.98 Å². The molecule has 0 radical (unpaired) electrons. The largest absolute Gasteiger partial charge is 0.373 e. The van der Waals surface area contributed by atoms with Crippen LogP contribution in [0.4, 0.5) is 5.69 Å². The molecule has 30 heavy (non-hydrogen) atoms. The highest BCUT2D eigenvalue weighted by Gasteiger charge is 2.36. The zero-order chi connectivity index (χ0) is 20.7. The molecule has 1 saturated heterocycles. The molecule has 6 nitrogen and oxygen atoms in total. The summed E-state index contributed by atoms with van der Waals surface area (Å²) in [4.78, 5) is 29.0. The Balaban J connectivity index is 1.56. The minimum Gasteiger partial charge on any atom is -0.373 e. The molecule has 0 aromatic heterocycles. The Labute approximate surface area is 180 Å². The molecule has 2 aromatic rings. The van der Waals surface area contributed by atoms with E-state index in [9.17, 15) is 4.79 Å². The van der Waals surface area contributed by atoms with Crippen molar-refractivity contribution in [2.75, 3.05) is 44.7 Å². The van der Waals surface area contributed by atoms with E-state index in [0.29, 0.717) is 23.1 Å². The molecule has 3 aliphatic rings. The molecule has 0 aliphatic carbocycles. The number of amidine groups is 1. The van der Waals surface area contributed by atoms with Gasteiger partial charge in [0.1, 0.15) is 11.5 Å². The third-order valence-corrected chi connectivity index (χ3v) is 5.89. The first kappa shape index (κ1) is 19.0. The maximum Gasteiger partial charge on any atom is 0.284 e. The summed E-state index contributed by atoms with van der Waals surface area (Å²) in [7, 11) is 2.11. The molecule has 0 bridgehead atoms. The van der Waals surface area contributed by atoms with E-state index in [4.69, 9.17) is 16.6 Å². The number of halogens is 1. The van der Waals surface area contributed by atoms with Crippen LogP contribution in [0.1, 0.15) is 11.1 Å². The van der Waals surface area contributed by atoms with Gasteiger partial charge in [-0.2, -0.15) is 0 Å². The average Bonchev–Trinajstić information content (AvgIpc) is 2.96. The third kappa shape index (κ3) is 3.42. The Morgan fingerprint density at radius 3 is 2.57 bits per heavy atom. The second kappa shape index (κ2) is 7.70. The van der Waals surface area contributed by atoms with E-state index in [1.807, 2.05) is 48.7 Å². The van der Waals surface area contributed by atoms with Gasteiger partial charge in [-0.25, -0.2) is 4.99 Å². The standard InChI is InChI=1S/C23H22ClN5O/c1-27-9-11-28(12-10-27)15-19-23(30)29-20-8-7-17(24)13-18(20)22(25-14-21(29)26-19)16-5-3-2-4-6-16/h2-8,13,15H,9-12,14H2,1H3/b19-15-. The maximum absolute atomic E-state index is 13.3. The summed E-state index contributed by atoms with van der Waals surface area (Å²) in [6.45, 7) is 4.07. The molecule has 0 spiro atoms. The van der Waals surface area contributed by atoms with Crippen molar-refractivity contribution >= 4 is 34.7 Å². The van der Waals surface area contributed by atoms with Crippen LogP contribution in [-0.4, -0.2) is 67.0 Å². The van der Waals surface area contributed by atoms with E-state index in [1.165, 1.54) is 0 Å². The normalized spacial score (nSPS) is 20.6. The fourth-order valence-electron chi connectivity index (χ4n) is 4.00. The number of anilines is 1. The highest BCUT2D eigenvalue weighted by Crippen LogP contribution is 2.33. The summed E-state index contributed by atoms with van der Waals surface area (Å²) >= 11 is 6.32. The Morgan fingerprint density at radius 1 is 1.03 bits per heavy atom. The highest BCUT2D eigenvalue weighted by molar-refractivity contribution is 6.34. The van der Waals surface area contributed by atoms with Crippen LogP contribution >= 0.6 is 11.6 Å². The van der Waals surface area contributed by atoms with Crippen molar-refractivity contribution in [3.05, 3.63) is 76.6 Å². The van der Waals surface area contributed by atoms with E-state index in [1.54, 1.807) is 11.0 Å². The smallest absolute Gasteiger partial charge is 0.284 e. The number of fused-ring (bicyclic) bond motifs is 3. The van der Waals surface area contributed by atoms with Gasteiger partial charge >= 0.3 is 0 Å². The highest BCUT2D eigenvalue weighted by atomic mass is 35.5. The van der Waals surface area contributed by atoms with Crippen molar-refractivity contribution in [1.82, 2.24) is 9.80 Å². The fourth-order valence-corrected chi connectivity index (χ4v) is 4.17. The first-order valence-corrected chi connectivity index (χ1v) is 10.4. The SMILES string of the molecule is CN1CCN(/C=C2\N=C3CN=C(c4ccccc4)c4cc(Cl)ccc4N3C2=O)CC1. The molecule has 0 saturated carbocycles. The van der Waals surface area contributed by atoms with Crippen LogP contribution in [0.5, 0.6) is 0 Å². The molecule has 0 atom stereocenters. The lowest BCUT2D eigenvalue weighted by Crippen LogP contribution is -2.42. The molecule has 1 amide bonds. The number of carbonyl (C=O) groups is 1. The van der Waals surface area contributed by atoms with E-state index >= 15 is 0 Å². The van der Waals surface area contributed by atoms with Gasteiger partial charge in [0.15, 0.2) is 0 Å². The monoisotopic (exact) mass is 419 g/mol.